The summed E-state index contributed by atoms with van der Waals surface area (Å²) in [5, 5.41) is 2.90. The normalized spacial score (nSPS) is 15.7. The van der Waals surface area contributed by atoms with E-state index in [0.29, 0.717) is 24.8 Å². The maximum Gasteiger partial charge on any atom is 0.245 e. The highest BCUT2D eigenvalue weighted by Crippen LogP contribution is 2.28. The number of sulfonamides is 1. The van der Waals surface area contributed by atoms with Crippen LogP contribution in [0.2, 0.25) is 0 Å². The van der Waals surface area contributed by atoms with Crippen molar-refractivity contribution in [1.82, 2.24) is 10.0 Å². The first-order valence-electron chi connectivity index (χ1n) is 6.53. The first kappa shape index (κ1) is 16.0. The molecule has 1 aliphatic rings. The van der Waals surface area contributed by atoms with Crippen molar-refractivity contribution in [2.24, 2.45) is 5.92 Å². The van der Waals surface area contributed by atoms with Gasteiger partial charge in [0.05, 0.1) is 13.2 Å². The molecule has 0 amide bonds. The van der Waals surface area contributed by atoms with Crippen LogP contribution in [-0.2, 0) is 21.3 Å². The lowest BCUT2D eigenvalue weighted by atomic mass is 10.4. The van der Waals surface area contributed by atoms with Gasteiger partial charge in [-0.1, -0.05) is 0 Å². The number of furan rings is 1. The molecule has 0 atom stereocenters. The molecule has 1 aliphatic carbocycles. The maximum atomic E-state index is 12.1. The predicted octanol–water partition coefficient (Wildman–Crippen LogP) is 1.47. The Hall–Kier alpha value is -0.410. The van der Waals surface area contributed by atoms with Crippen molar-refractivity contribution >= 4 is 26.0 Å². The van der Waals surface area contributed by atoms with E-state index in [0.717, 1.165) is 6.61 Å². The molecule has 8 heteroatoms. The van der Waals surface area contributed by atoms with Gasteiger partial charge >= 0.3 is 0 Å². The quantitative estimate of drug-likeness (QED) is 0.646. The number of hydrogen-bond acceptors (Lipinski definition) is 5. The van der Waals surface area contributed by atoms with Gasteiger partial charge in [0.15, 0.2) is 4.67 Å². The number of ether oxygens (including phenoxy) is 1. The SMILES string of the molecule is CNCc1cc(S(=O)(=O)NCCOCC2CC2)c(Br)o1. The average Bonchev–Trinajstić information content (AvgIpc) is 3.12. The highest BCUT2D eigenvalue weighted by Gasteiger charge is 2.23. The zero-order valence-electron chi connectivity index (χ0n) is 11.3. The Bertz CT molecular complexity index is 540. The third-order valence-corrected chi connectivity index (χ3v) is 5.25. The second kappa shape index (κ2) is 7.04. The fraction of sp³-hybridized carbons (Fsp3) is 0.667. The van der Waals surface area contributed by atoms with Crippen molar-refractivity contribution in [2.45, 2.75) is 24.3 Å². The maximum absolute atomic E-state index is 12.1. The average molecular weight is 367 g/mol. The molecule has 0 radical (unpaired) electrons. The molecule has 1 aromatic rings. The summed E-state index contributed by atoms with van der Waals surface area (Å²) in [4.78, 5) is 0.116. The van der Waals surface area contributed by atoms with Crippen LogP contribution in [0.5, 0.6) is 0 Å². The summed E-state index contributed by atoms with van der Waals surface area (Å²) in [5.41, 5.74) is 0. The summed E-state index contributed by atoms with van der Waals surface area (Å²) in [6.07, 6.45) is 2.45. The van der Waals surface area contributed by atoms with E-state index in [9.17, 15) is 8.42 Å². The molecule has 0 aliphatic heterocycles. The largest absolute Gasteiger partial charge is 0.452 e. The summed E-state index contributed by atoms with van der Waals surface area (Å²) >= 11 is 3.13. The Kier molecular flexibility index (Phi) is 5.62. The molecule has 1 aromatic heterocycles. The standard InChI is InChI=1S/C12H19BrN2O4S/c1-14-7-10-6-11(12(13)19-10)20(16,17)15-4-5-18-8-9-2-3-9/h6,9,14-15H,2-5,7-8H2,1H3. The van der Waals surface area contributed by atoms with E-state index in [-0.39, 0.29) is 16.1 Å². The van der Waals surface area contributed by atoms with Crippen LogP contribution < -0.4 is 10.0 Å². The van der Waals surface area contributed by atoms with E-state index in [1.165, 1.54) is 18.9 Å². The molecular formula is C12H19BrN2O4S. The lowest BCUT2D eigenvalue weighted by Crippen LogP contribution is -2.27. The molecule has 0 unspecified atom stereocenters. The van der Waals surface area contributed by atoms with Crippen molar-refractivity contribution in [3.05, 3.63) is 16.5 Å². The monoisotopic (exact) mass is 366 g/mol. The Labute approximate surface area is 127 Å². The second-order valence-corrected chi connectivity index (χ2v) is 7.25. The second-order valence-electron chi connectivity index (χ2n) is 4.80. The lowest BCUT2D eigenvalue weighted by Gasteiger charge is -2.05. The summed E-state index contributed by atoms with van der Waals surface area (Å²) in [6, 6.07) is 1.51. The highest BCUT2D eigenvalue weighted by atomic mass is 79.9. The molecule has 6 nitrogen and oxygen atoms in total. The molecule has 2 rings (SSSR count). The summed E-state index contributed by atoms with van der Waals surface area (Å²) in [7, 11) is -1.81. The summed E-state index contributed by atoms with van der Waals surface area (Å²) < 4.78 is 37.6. The first-order chi connectivity index (χ1) is 9.53. The van der Waals surface area contributed by atoms with Crippen molar-refractivity contribution < 1.29 is 17.6 Å². The van der Waals surface area contributed by atoms with Crippen LogP contribution in [0.3, 0.4) is 0 Å². The van der Waals surface area contributed by atoms with E-state index in [4.69, 9.17) is 9.15 Å². The zero-order chi connectivity index (χ0) is 14.6. The Morgan fingerprint density at radius 1 is 1.50 bits per heavy atom. The topological polar surface area (TPSA) is 80.6 Å². The minimum absolute atomic E-state index is 0.116. The smallest absolute Gasteiger partial charge is 0.245 e. The Morgan fingerprint density at radius 3 is 2.90 bits per heavy atom. The van der Waals surface area contributed by atoms with Gasteiger partial charge in [0.25, 0.3) is 0 Å². The van der Waals surface area contributed by atoms with Crippen molar-refractivity contribution in [1.29, 1.82) is 0 Å². The van der Waals surface area contributed by atoms with Gasteiger partial charge in [-0.3, -0.25) is 0 Å². The van der Waals surface area contributed by atoms with Gasteiger partial charge in [0.1, 0.15) is 10.7 Å². The minimum Gasteiger partial charge on any atom is -0.452 e. The predicted molar refractivity (Wildman–Crippen MR) is 77.9 cm³/mol. The number of rotatable bonds is 9. The van der Waals surface area contributed by atoms with Crippen molar-refractivity contribution in [3.8, 4) is 0 Å². The van der Waals surface area contributed by atoms with Crippen LogP contribution in [0.4, 0.5) is 0 Å². The van der Waals surface area contributed by atoms with Crippen LogP contribution in [0.25, 0.3) is 0 Å². The molecule has 20 heavy (non-hydrogen) atoms. The van der Waals surface area contributed by atoms with Gasteiger partial charge in [-0.05, 0) is 41.7 Å². The van der Waals surface area contributed by atoms with E-state index in [1.807, 2.05) is 0 Å². The van der Waals surface area contributed by atoms with Gasteiger partial charge in [0.2, 0.25) is 10.0 Å². The minimum atomic E-state index is -3.57. The van der Waals surface area contributed by atoms with Gasteiger partial charge in [-0.2, -0.15) is 0 Å². The molecule has 114 valence electrons. The van der Waals surface area contributed by atoms with E-state index >= 15 is 0 Å². The number of hydrogen-bond donors (Lipinski definition) is 2. The third kappa shape index (κ3) is 4.56. The summed E-state index contributed by atoms with van der Waals surface area (Å²) in [6.45, 7) is 1.84. The fourth-order valence-corrected chi connectivity index (χ4v) is 3.71. The molecule has 1 heterocycles. The van der Waals surface area contributed by atoms with Crippen LogP contribution in [0, 0.1) is 5.92 Å². The molecule has 1 saturated carbocycles. The zero-order valence-corrected chi connectivity index (χ0v) is 13.7. The van der Waals surface area contributed by atoms with Crippen molar-refractivity contribution in [3.63, 3.8) is 0 Å². The molecule has 0 aromatic carbocycles. The summed E-state index contributed by atoms with van der Waals surface area (Å²) in [5.74, 6) is 1.24. The van der Waals surface area contributed by atoms with Crippen molar-refractivity contribution in [2.75, 3.05) is 26.8 Å². The van der Waals surface area contributed by atoms with Gasteiger partial charge in [0, 0.05) is 19.2 Å². The third-order valence-electron chi connectivity index (χ3n) is 2.94. The van der Waals surface area contributed by atoms with Crippen LogP contribution >= 0.6 is 15.9 Å². The number of nitrogens with one attached hydrogen (secondary N) is 2. The molecule has 2 N–H and O–H groups in total. The van der Waals surface area contributed by atoms with Gasteiger partial charge in [-0.15, -0.1) is 0 Å². The lowest BCUT2D eigenvalue weighted by molar-refractivity contribution is 0.129. The van der Waals surface area contributed by atoms with E-state index < -0.39 is 10.0 Å². The first-order valence-corrected chi connectivity index (χ1v) is 8.81. The molecule has 1 fully saturated rings. The molecular weight excluding hydrogens is 348 g/mol. The van der Waals surface area contributed by atoms with Crippen LogP contribution in [-0.4, -0.2) is 35.2 Å². The number of halogens is 1. The fourth-order valence-electron chi connectivity index (χ4n) is 1.70. The van der Waals surface area contributed by atoms with E-state index in [1.54, 1.807) is 7.05 Å². The molecule has 0 spiro atoms. The van der Waals surface area contributed by atoms with Gasteiger partial charge < -0.3 is 14.5 Å². The highest BCUT2D eigenvalue weighted by molar-refractivity contribution is 9.10. The Balaban J connectivity index is 1.84. The molecule has 0 bridgehead atoms. The molecule has 0 saturated heterocycles. The van der Waals surface area contributed by atoms with Crippen LogP contribution in [0.1, 0.15) is 18.6 Å². The van der Waals surface area contributed by atoms with E-state index in [2.05, 4.69) is 26.0 Å². The van der Waals surface area contributed by atoms with Gasteiger partial charge in [-0.25, -0.2) is 13.1 Å². The van der Waals surface area contributed by atoms with Crippen LogP contribution in [0.15, 0.2) is 20.0 Å². The Morgan fingerprint density at radius 2 is 2.25 bits per heavy atom.